The number of esters is 1. The van der Waals surface area contributed by atoms with Gasteiger partial charge in [-0.3, -0.25) is 9.59 Å². The number of aliphatic hydroxyl groups excluding tert-OH is 1. The van der Waals surface area contributed by atoms with E-state index in [9.17, 15) is 24.9 Å². The fourth-order valence-corrected chi connectivity index (χ4v) is 8.47. The molecule has 0 radical (unpaired) electrons. The number of benzene rings is 1. The van der Waals surface area contributed by atoms with Gasteiger partial charge in [-0.25, -0.2) is 0 Å². The van der Waals surface area contributed by atoms with E-state index in [0.717, 1.165) is 16.5 Å². The Morgan fingerprint density at radius 2 is 1.95 bits per heavy atom. The maximum absolute atomic E-state index is 13.5. The van der Waals surface area contributed by atoms with Crippen molar-refractivity contribution in [3.63, 3.8) is 0 Å². The molecule has 0 unspecified atom stereocenters. The number of hydrogen-bond donors (Lipinski definition) is 5. The zero-order valence-corrected chi connectivity index (χ0v) is 22.9. The van der Waals surface area contributed by atoms with Crippen LogP contribution in [0.1, 0.15) is 46.1 Å². The van der Waals surface area contributed by atoms with Gasteiger partial charge in [0.25, 0.3) is 0 Å². The zero-order chi connectivity index (χ0) is 28.1. The van der Waals surface area contributed by atoms with Crippen molar-refractivity contribution < 1.29 is 29.6 Å². The van der Waals surface area contributed by atoms with Gasteiger partial charge in [-0.1, -0.05) is 51.1 Å². The number of nitrogens with one attached hydrogen (secondary N) is 1. The average molecular weight is 535 g/mol. The second kappa shape index (κ2) is 8.36. The molecule has 0 bridgehead atoms. The van der Waals surface area contributed by atoms with Gasteiger partial charge in [-0.15, -0.1) is 0 Å². The minimum atomic E-state index is -1.81. The smallest absolute Gasteiger partial charge is 0.323 e. The number of ether oxygens (including phenoxy) is 1. The molecule has 2 saturated carbocycles. The van der Waals surface area contributed by atoms with Crippen molar-refractivity contribution >= 4 is 22.7 Å². The summed E-state index contributed by atoms with van der Waals surface area (Å²) >= 11 is 0. The monoisotopic (exact) mass is 534 g/mol. The van der Waals surface area contributed by atoms with Crippen LogP contribution in [0.15, 0.2) is 53.8 Å². The summed E-state index contributed by atoms with van der Waals surface area (Å²) in [6.45, 7) is 7.27. The lowest BCUT2D eigenvalue weighted by atomic mass is 9.60. The van der Waals surface area contributed by atoms with Gasteiger partial charge >= 0.3 is 5.97 Å². The van der Waals surface area contributed by atoms with Crippen LogP contribution in [0, 0.1) is 29.1 Å². The Morgan fingerprint density at radius 1 is 1.23 bits per heavy atom. The van der Waals surface area contributed by atoms with Gasteiger partial charge in [0.05, 0.1) is 12.2 Å². The van der Waals surface area contributed by atoms with Gasteiger partial charge < -0.3 is 30.8 Å². The molecule has 4 aliphatic rings. The molecule has 39 heavy (non-hydrogen) atoms. The lowest BCUT2D eigenvalue weighted by Gasteiger charge is -2.50. The largest absolute Gasteiger partial charge is 0.457 e. The van der Waals surface area contributed by atoms with E-state index in [0.29, 0.717) is 24.0 Å². The van der Waals surface area contributed by atoms with Crippen molar-refractivity contribution in [2.24, 2.45) is 34.8 Å². The van der Waals surface area contributed by atoms with Crippen molar-refractivity contribution in [2.45, 2.75) is 69.8 Å². The van der Waals surface area contributed by atoms with E-state index in [2.05, 4.69) is 4.98 Å². The number of aliphatic hydroxyl groups is 3. The molecule has 2 fully saturated rings. The van der Waals surface area contributed by atoms with Crippen LogP contribution >= 0.6 is 0 Å². The van der Waals surface area contributed by atoms with E-state index in [4.69, 9.17) is 10.5 Å². The number of carbonyl (C=O) groups excluding carboxylic acids is 2. The van der Waals surface area contributed by atoms with E-state index < -0.39 is 57.8 Å². The Kier molecular flexibility index (Phi) is 5.67. The van der Waals surface area contributed by atoms with E-state index >= 15 is 0 Å². The van der Waals surface area contributed by atoms with Crippen LogP contribution in [0.5, 0.6) is 0 Å². The number of H-pyrrole nitrogens is 1. The molecule has 4 aliphatic carbocycles. The minimum Gasteiger partial charge on any atom is -0.457 e. The summed E-state index contributed by atoms with van der Waals surface area (Å²) in [5.41, 5.74) is 4.62. The first-order valence-corrected chi connectivity index (χ1v) is 13.8. The summed E-state index contributed by atoms with van der Waals surface area (Å²) in [4.78, 5) is 29.8. The summed E-state index contributed by atoms with van der Waals surface area (Å²) in [6, 6.07) is 6.98. The quantitative estimate of drug-likeness (QED) is 0.293. The van der Waals surface area contributed by atoms with Crippen molar-refractivity contribution in [2.75, 3.05) is 6.61 Å². The molecule has 0 aliphatic heterocycles. The van der Waals surface area contributed by atoms with E-state index in [1.165, 1.54) is 0 Å². The average Bonchev–Trinajstić information content (AvgIpc) is 3.11. The molecule has 0 spiro atoms. The number of carbonyl (C=O) groups is 2. The highest BCUT2D eigenvalue weighted by molar-refractivity contribution is 6.04. The van der Waals surface area contributed by atoms with Crippen molar-refractivity contribution in [1.29, 1.82) is 0 Å². The lowest BCUT2D eigenvalue weighted by molar-refractivity contribution is -0.187. The molecule has 0 amide bonds. The third-order valence-electron chi connectivity index (χ3n) is 10.6. The second-order valence-electron chi connectivity index (χ2n) is 12.9. The van der Waals surface area contributed by atoms with E-state index in [1.807, 2.05) is 57.3 Å². The Morgan fingerprint density at radius 3 is 2.67 bits per heavy atom. The molecule has 0 saturated heterocycles. The van der Waals surface area contributed by atoms with Crippen molar-refractivity contribution in [1.82, 2.24) is 4.98 Å². The number of aromatic amines is 1. The van der Waals surface area contributed by atoms with Crippen LogP contribution in [0.4, 0.5) is 0 Å². The topological polar surface area (TPSA) is 146 Å². The minimum absolute atomic E-state index is 0.0399. The number of nitrogens with two attached hydrogens (primary N) is 1. The highest BCUT2D eigenvalue weighted by atomic mass is 16.6. The second-order valence-corrected chi connectivity index (χ2v) is 12.9. The molecule has 1 aromatic carbocycles. The summed E-state index contributed by atoms with van der Waals surface area (Å²) in [5, 5.41) is 35.3. The van der Waals surface area contributed by atoms with Crippen LogP contribution in [0.2, 0.25) is 0 Å². The van der Waals surface area contributed by atoms with Gasteiger partial charge in [0.15, 0.2) is 5.78 Å². The van der Waals surface area contributed by atoms with Crippen LogP contribution in [0.3, 0.4) is 0 Å². The maximum Gasteiger partial charge on any atom is 0.323 e. The highest BCUT2D eigenvalue weighted by Gasteiger charge is 2.83. The van der Waals surface area contributed by atoms with E-state index in [-0.39, 0.29) is 18.9 Å². The fraction of sp³-hybridized carbons (Fsp3) is 0.548. The summed E-state index contributed by atoms with van der Waals surface area (Å²) in [6.07, 6.45) is 6.06. The lowest BCUT2D eigenvalue weighted by Crippen LogP contribution is -2.61. The molecule has 8 heteroatoms. The normalized spacial score (nSPS) is 39.1. The zero-order valence-electron chi connectivity index (χ0n) is 22.9. The van der Waals surface area contributed by atoms with Crippen LogP contribution < -0.4 is 5.73 Å². The molecule has 1 heterocycles. The number of para-hydroxylation sites is 1. The van der Waals surface area contributed by atoms with Crippen LogP contribution in [-0.2, 0) is 20.7 Å². The SMILES string of the molecule is CC1=C[C@H]2[C@@]3(O)[C@H](C)C[C@]4(OC(=O)[C@@H](N)Cc5c[nH]c6ccccc56)[C@H]([C@@H]3C=C(CO)C[C@]2(O)C1=O)C4(C)C. The number of aromatic nitrogens is 1. The van der Waals surface area contributed by atoms with Crippen molar-refractivity contribution in [3.05, 3.63) is 59.3 Å². The van der Waals surface area contributed by atoms with Gasteiger partial charge in [-0.2, -0.15) is 0 Å². The molecule has 6 N–H and O–H groups in total. The standard InChI is InChI=1S/C31H38N2O6/c1-16-9-24-29(37,26(16)35)13-18(15-34)10-21-25-28(3,4)30(25,12-17(2)31(21,24)38)39-27(36)22(32)11-19-14-33-23-8-6-5-7-20(19)23/h5-10,14,17,21-22,24-25,33-34,37-38H,11-13,15,32H2,1-4H3/t17-,21+,22+,24-,25-,29-,30+,31-/m1/s1. The molecular formula is C31H38N2O6. The van der Waals surface area contributed by atoms with Gasteiger partial charge in [0.2, 0.25) is 0 Å². The first kappa shape index (κ1) is 26.4. The third kappa shape index (κ3) is 3.38. The molecule has 208 valence electrons. The number of ketones is 1. The number of Topliss-reactive ketones (excluding diaryl/α,β-unsaturated/α-hetero) is 1. The molecule has 1 aromatic heterocycles. The highest BCUT2D eigenvalue weighted by Crippen LogP contribution is 2.76. The Hall–Kier alpha value is -2.78. The molecule has 6 rings (SSSR count). The van der Waals surface area contributed by atoms with Gasteiger partial charge in [0, 0.05) is 53.1 Å². The molecule has 8 atom stereocenters. The summed E-state index contributed by atoms with van der Waals surface area (Å²) < 4.78 is 6.32. The molecular weight excluding hydrogens is 496 g/mol. The summed E-state index contributed by atoms with van der Waals surface area (Å²) in [7, 11) is 0. The Bertz CT molecular complexity index is 1440. The first-order chi connectivity index (χ1) is 18.3. The number of hydrogen-bond acceptors (Lipinski definition) is 7. The predicted molar refractivity (Wildman–Crippen MR) is 145 cm³/mol. The molecule has 8 nitrogen and oxygen atoms in total. The number of rotatable bonds is 5. The van der Waals surface area contributed by atoms with Gasteiger partial charge in [0.1, 0.15) is 17.2 Å². The van der Waals surface area contributed by atoms with Crippen LogP contribution in [0.25, 0.3) is 10.9 Å². The Balaban J connectivity index is 1.32. The first-order valence-electron chi connectivity index (χ1n) is 13.8. The third-order valence-corrected chi connectivity index (χ3v) is 10.6. The fourth-order valence-electron chi connectivity index (χ4n) is 8.47. The van der Waals surface area contributed by atoms with E-state index in [1.54, 1.807) is 13.0 Å². The summed E-state index contributed by atoms with van der Waals surface area (Å²) in [5.74, 6) is -2.95. The van der Waals surface area contributed by atoms with Crippen LogP contribution in [-0.4, -0.2) is 61.5 Å². The number of fused-ring (bicyclic) bond motifs is 6. The Labute approximate surface area is 227 Å². The maximum atomic E-state index is 13.5. The predicted octanol–water partition coefficient (Wildman–Crippen LogP) is 2.56. The van der Waals surface area contributed by atoms with Crippen molar-refractivity contribution in [3.8, 4) is 0 Å². The van der Waals surface area contributed by atoms with Gasteiger partial charge in [-0.05, 0) is 42.0 Å². The molecule has 2 aromatic rings.